The largest absolute Gasteiger partial charge is 0.365 e. The lowest BCUT2D eigenvalue weighted by molar-refractivity contribution is 0.580. The lowest BCUT2D eigenvalue weighted by Crippen LogP contribution is -2.23. The molecule has 0 spiro atoms. The van der Waals surface area contributed by atoms with Crippen molar-refractivity contribution in [1.82, 2.24) is 9.71 Å². The van der Waals surface area contributed by atoms with Crippen LogP contribution in [0.1, 0.15) is 11.3 Å². The number of nitrogens with one attached hydrogen (secondary N) is 2. The van der Waals surface area contributed by atoms with Crippen molar-refractivity contribution in [2.24, 2.45) is 0 Å². The fourth-order valence-electron chi connectivity index (χ4n) is 1.47. The van der Waals surface area contributed by atoms with Gasteiger partial charge in [0, 0.05) is 12.4 Å². The topological polar surface area (TPSA) is 71.1 Å². The van der Waals surface area contributed by atoms with E-state index in [0.29, 0.717) is 5.69 Å². The number of rotatable bonds is 5. The van der Waals surface area contributed by atoms with E-state index in [2.05, 4.69) is 15.0 Å². The second kappa shape index (κ2) is 5.68. The third-order valence-electron chi connectivity index (χ3n) is 2.54. The molecule has 7 heteroatoms. The van der Waals surface area contributed by atoms with Gasteiger partial charge in [0.25, 0.3) is 0 Å². The molecule has 0 fully saturated rings. The maximum absolute atomic E-state index is 12.0. The SMILES string of the molecule is CNc1nc(CNS(=O)(=O)c2ccc(C)cc2)cs1. The van der Waals surface area contributed by atoms with Crippen LogP contribution in [-0.4, -0.2) is 20.4 Å². The summed E-state index contributed by atoms with van der Waals surface area (Å²) in [5, 5.41) is 5.50. The van der Waals surface area contributed by atoms with Crippen molar-refractivity contribution in [1.29, 1.82) is 0 Å². The van der Waals surface area contributed by atoms with Crippen molar-refractivity contribution in [2.45, 2.75) is 18.4 Å². The molecule has 19 heavy (non-hydrogen) atoms. The van der Waals surface area contributed by atoms with Crippen molar-refractivity contribution in [3.05, 3.63) is 40.9 Å². The molecule has 0 amide bonds. The quantitative estimate of drug-likeness (QED) is 0.885. The normalized spacial score (nSPS) is 11.5. The van der Waals surface area contributed by atoms with Gasteiger partial charge in [-0.2, -0.15) is 0 Å². The first kappa shape index (κ1) is 14.0. The Bertz CT molecular complexity index is 648. The highest BCUT2D eigenvalue weighted by Crippen LogP contribution is 2.15. The lowest BCUT2D eigenvalue weighted by atomic mass is 10.2. The Hall–Kier alpha value is -1.44. The lowest BCUT2D eigenvalue weighted by Gasteiger charge is -2.05. The summed E-state index contributed by atoms with van der Waals surface area (Å²) in [5.74, 6) is 0. The Morgan fingerprint density at radius 1 is 1.26 bits per heavy atom. The van der Waals surface area contributed by atoms with Gasteiger partial charge in [-0.05, 0) is 19.1 Å². The summed E-state index contributed by atoms with van der Waals surface area (Å²) in [6.07, 6.45) is 0. The highest BCUT2D eigenvalue weighted by Gasteiger charge is 2.13. The Kier molecular flexibility index (Phi) is 4.18. The Morgan fingerprint density at radius 3 is 2.53 bits per heavy atom. The zero-order chi connectivity index (χ0) is 13.9. The molecular weight excluding hydrogens is 282 g/mol. The van der Waals surface area contributed by atoms with E-state index in [9.17, 15) is 8.42 Å². The first-order valence-corrected chi connectivity index (χ1v) is 8.06. The highest BCUT2D eigenvalue weighted by atomic mass is 32.2. The molecular formula is C12H15N3O2S2. The van der Waals surface area contributed by atoms with Crippen LogP contribution in [0, 0.1) is 6.92 Å². The predicted molar refractivity (Wildman–Crippen MR) is 76.9 cm³/mol. The number of aryl methyl sites for hydroxylation is 1. The Labute approximate surface area is 116 Å². The van der Waals surface area contributed by atoms with Crippen LogP contribution in [-0.2, 0) is 16.6 Å². The minimum absolute atomic E-state index is 0.189. The molecule has 0 saturated heterocycles. The van der Waals surface area contributed by atoms with Crippen LogP contribution >= 0.6 is 11.3 Å². The highest BCUT2D eigenvalue weighted by molar-refractivity contribution is 7.89. The zero-order valence-electron chi connectivity index (χ0n) is 10.7. The third-order valence-corrected chi connectivity index (χ3v) is 4.87. The summed E-state index contributed by atoms with van der Waals surface area (Å²) >= 11 is 1.44. The second-order valence-electron chi connectivity index (χ2n) is 4.03. The van der Waals surface area contributed by atoms with E-state index in [0.717, 1.165) is 10.7 Å². The van der Waals surface area contributed by atoms with Gasteiger partial charge in [-0.1, -0.05) is 17.7 Å². The van der Waals surface area contributed by atoms with Gasteiger partial charge in [0.15, 0.2) is 5.13 Å². The van der Waals surface area contributed by atoms with Crippen LogP contribution < -0.4 is 10.0 Å². The average molecular weight is 297 g/mol. The molecule has 0 aliphatic carbocycles. The summed E-state index contributed by atoms with van der Waals surface area (Å²) in [6, 6.07) is 6.74. The number of hydrogen-bond acceptors (Lipinski definition) is 5. The minimum Gasteiger partial charge on any atom is -0.365 e. The molecule has 0 aliphatic rings. The summed E-state index contributed by atoms with van der Waals surface area (Å²) in [4.78, 5) is 4.49. The Balaban J connectivity index is 2.07. The number of aromatic nitrogens is 1. The summed E-state index contributed by atoms with van der Waals surface area (Å²) in [5.41, 5.74) is 1.72. The van der Waals surface area contributed by atoms with E-state index in [1.807, 2.05) is 12.3 Å². The average Bonchev–Trinajstić information content (AvgIpc) is 2.85. The monoisotopic (exact) mass is 297 g/mol. The van der Waals surface area contributed by atoms with Gasteiger partial charge in [-0.25, -0.2) is 18.1 Å². The van der Waals surface area contributed by atoms with Gasteiger partial charge < -0.3 is 5.32 Å². The molecule has 0 saturated carbocycles. The Morgan fingerprint density at radius 2 is 1.95 bits per heavy atom. The molecule has 0 unspecified atom stereocenters. The molecule has 5 nitrogen and oxygen atoms in total. The molecule has 0 bridgehead atoms. The van der Waals surface area contributed by atoms with Crippen LogP contribution in [0.2, 0.25) is 0 Å². The maximum atomic E-state index is 12.0. The van der Waals surface area contributed by atoms with Crippen molar-refractivity contribution >= 4 is 26.5 Å². The molecule has 0 radical (unpaired) electrons. The van der Waals surface area contributed by atoms with E-state index >= 15 is 0 Å². The van der Waals surface area contributed by atoms with Crippen molar-refractivity contribution in [2.75, 3.05) is 12.4 Å². The van der Waals surface area contributed by atoms with Crippen LogP contribution in [0.3, 0.4) is 0 Å². The van der Waals surface area contributed by atoms with Gasteiger partial charge >= 0.3 is 0 Å². The summed E-state index contributed by atoms with van der Waals surface area (Å²) in [7, 11) is -1.70. The van der Waals surface area contributed by atoms with Gasteiger partial charge in [0.2, 0.25) is 10.0 Å². The number of hydrogen-bond donors (Lipinski definition) is 2. The smallest absolute Gasteiger partial charge is 0.240 e. The molecule has 2 aromatic rings. The number of anilines is 1. The van der Waals surface area contributed by atoms with E-state index in [1.54, 1.807) is 31.3 Å². The number of thiazole rings is 1. The third kappa shape index (κ3) is 3.52. The van der Waals surface area contributed by atoms with E-state index in [-0.39, 0.29) is 11.4 Å². The van der Waals surface area contributed by atoms with Crippen molar-refractivity contribution < 1.29 is 8.42 Å². The fraction of sp³-hybridized carbons (Fsp3) is 0.250. The number of benzene rings is 1. The van der Waals surface area contributed by atoms with Crippen molar-refractivity contribution in [3.63, 3.8) is 0 Å². The van der Waals surface area contributed by atoms with E-state index in [1.165, 1.54) is 11.3 Å². The van der Waals surface area contributed by atoms with E-state index in [4.69, 9.17) is 0 Å². The van der Waals surface area contributed by atoms with Gasteiger partial charge in [-0.3, -0.25) is 0 Å². The molecule has 1 aromatic heterocycles. The summed E-state index contributed by atoms with van der Waals surface area (Å²) < 4.78 is 26.6. The predicted octanol–water partition coefficient (Wildman–Crippen LogP) is 1.97. The number of sulfonamides is 1. The van der Waals surface area contributed by atoms with Gasteiger partial charge in [0.05, 0.1) is 17.1 Å². The molecule has 1 aromatic carbocycles. The molecule has 1 heterocycles. The molecule has 102 valence electrons. The molecule has 0 atom stereocenters. The zero-order valence-corrected chi connectivity index (χ0v) is 12.3. The van der Waals surface area contributed by atoms with Crippen LogP contribution in [0.5, 0.6) is 0 Å². The molecule has 2 rings (SSSR count). The minimum atomic E-state index is -3.48. The van der Waals surface area contributed by atoms with Gasteiger partial charge in [0.1, 0.15) is 0 Å². The maximum Gasteiger partial charge on any atom is 0.240 e. The second-order valence-corrected chi connectivity index (χ2v) is 6.66. The van der Waals surface area contributed by atoms with E-state index < -0.39 is 10.0 Å². The standard InChI is InChI=1S/C12H15N3O2S2/c1-9-3-5-11(6-4-9)19(16,17)14-7-10-8-18-12(13-2)15-10/h3-6,8,14H,7H2,1-2H3,(H,13,15). The van der Waals surface area contributed by atoms with Crippen LogP contribution in [0.15, 0.2) is 34.5 Å². The first-order chi connectivity index (χ1) is 9.01. The number of nitrogens with zero attached hydrogens (tertiary/aromatic N) is 1. The van der Waals surface area contributed by atoms with Crippen LogP contribution in [0.25, 0.3) is 0 Å². The van der Waals surface area contributed by atoms with Crippen molar-refractivity contribution in [3.8, 4) is 0 Å². The first-order valence-electron chi connectivity index (χ1n) is 5.70. The van der Waals surface area contributed by atoms with Crippen LogP contribution in [0.4, 0.5) is 5.13 Å². The summed E-state index contributed by atoms with van der Waals surface area (Å²) in [6.45, 7) is 2.10. The molecule has 0 aliphatic heterocycles. The fourth-order valence-corrected chi connectivity index (χ4v) is 3.14. The van der Waals surface area contributed by atoms with Gasteiger partial charge in [-0.15, -0.1) is 11.3 Å². The molecule has 2 N–H and O–H groups in total.